The van der Waals surface area contributed by atoms with Gasteiger partial charge in [0, 0.05) is 5.56 Å². The number of hydrogen-bond acceptors (Lipinski definition) is 10. The Balaban J connectivity index is 1.65. The summed E-state index contributed by atoms with van der Waals surface area (Å²) in [5.41, 5.74) is 10.8. The lowest BCUT2D eigenvalue weighted by atomic mass is 10.1. The van der Waals surface area contributed by atoms with Crippen molar-refractivity contribution in [3.8, 4) is 28.6 Å². The number of hydrazone groups is 1. The van der Waals surface area contributed by atoms with Crippen LogP contribution in [0.25, 0.3) is 17.1 Å². The number of nitrogen functional groups attached to an aromatic ring is 1. The summed E-state index contributed by atoms with van der Waals surface area (Å²) in [7, 11) is 1.59. The van der Waals surface area contributed by atoms with Crippen LogP contribution >= 0.6 is 0 Å². The van der Waals surface area contributed by atoms with Gasteiger partial charge in [0.25, 0.3) is 5.91 Å². The van der Waals surface area contributed by atoms with Crippen molar-refractivity contribution in [3.05, 3.63) is 59.8 Å². The molecule has 0 aliphatic heterocycles. The number of rotatable bonds is 9. The Morgan fingerprint density at radius 3 is 2.46 bits per heavy atom. The maximum absolute atomic E-state index is 13.1. The minimum atomic E-state index is -0.569. The van der Waals surface area contributed by atoms with Gasteiger partial charge < -0.3 is 15.2 Å². The van der Waals surface area contributed by atoms with Crippen molar-refractivity contribution in [3.63, 3.8) is 0 Å². The first-order valence-electron chi connectivity index (χ1n) is 10.8. The highest BCUT2D eigenvalue weighted by Crippen LogP contribution is 2.28. The summed E-state index contributed by atoms with van der Waals surface area (Å²) in [6.45, 7) is 4.40. The van der Waals surface area contributed by atoms with Gasteiger partial charge in [0.05, 0.1) is 19.4 Å². The molecule has 0 aliphatic rings. The molecule has 3 N–H and O–H groups in total. The Hall–Kier alpha value is -4.74. The van der Waals surface area contributed by atoms with Gasteiger partial charge in [-0.2, -0.15) is 9.78 Å². The molecule has 0 bridgehead atoms. The summed E-state index contributed by atoms with van der Waals surface area (Å²) >= 11 is 0. The van der Waals surface area contributed by atoms with Crippen molar-refractivity contribution < 1.29 is 18.9 Å². The summed E-state index contributed by atoms with van der Waals surface area (Å²) in [5, 5.41) is 19.7. The first kappa shape index (κ1) is 23.4. The second kappa shape index (κ2) is 10.5. The number of nitrogens with one attached hydrogen (secondary N) is 1. The molecule has 12 nitrogen and oxygen atoms in total. The molecule has 2 heterocycles. The molecule has 4 aromatic rings. The van der Waals surface area contributed by atoms with Crippen molar-refractivity contribution in [2.24, 2.45) is 5.10 Å². The van der Waals surface area contributed by atoms with Crippen LogP contribution in [-0.2, 0) is 0 Å². The van der Waals surface area contributed by atoms with E-state index in [4.69, 9.17) is 19.8 Å². The molecule has 4 rings (SSSR count). The van der Waals surface area contributed by atoms with Gasteiger partial charge in [-0.05, 0) is 77.8 Å². The number of nitrogens with zero attached hydrogens (tertiary/aromatic N) is 6. The van der Waals surface area contributed by atoms with Crippen LogP contribution in [0.4, 0.5) is 5.82 Å². The normalized spacial score (nSPS) is 11.3. The minimum absolute atomic E-state index is 0.000576. The van der Waals surface area contributed by atoms with E-state index < -0.39 is 5.91 Å². The van der Waals surface area contributed by atoms with E-state index in [1.54, 1.807) is 38.3 Å². The van der Waals surface area contributed by atoms with Gasteiger partial charge in [-0.15, -0.1) is 5.10 Å². The lowest BCUT2D eigenvalue weighted by Crippen LogP contribution is -2.21. The number of methoxy groups -OCH3 is 1. The van der Waals surface area contributed by atoms with Crippen molar-refractivity contribution in [1.29, 1.82) is 0 Å². The second-order valence-electron chi connectivity index (χ2n) is 7.41. The van der Waals surface area contributed by atoms with Crippen molar-refractivity contribution in [1.82, 2.24) is 30.7 Å². The number of amides is 1. The average Bonchev–Trinajstić information content (AvgIpc) is 3.52. The molecule has 12 heteroatoms. The lowest BCUT2D eigenvalue weighted by Gasteiger charge is -2.08. The largest absolute Gasteiger partial charge is 0.497 e. The van der Waals surface area contributed by atoms with E-state index in [1.165, 1.54) is 4.68 Å². The molecule has 0 unspecified atom stereocenters. The van der Waals surface area contributed by atoms with E-state index >= 15 is 0 Å². The number of nitrogens with two attached hydrogens (primary N) is 1. The maximum Gasteiger partial charge on any atom is 0.294 e. The smallest absolute Gasteiger partial charge is 0.294 e. The van der Waals surface area contributed by atoms with E-state index in [9.17, 15) is 4.79 Å². The fraction of sp³-hybridized carbons (Fsp3) is 0.217. The fourth-order valence-corrected chi connectivity index (χ4v) is 3.19. The van der Waals surface area contributed by atoms with Crippen LogP contribution in [0.2, 0.25) is 0 Å². The zero-order valence-electron chi connectivity index (χ0n) is 19.4. The van der Waals surface area contributed by atoms with Gasteiger partial charge in [-0.3, -0.25) is 4.79 Å². The Morgan fingerprint density at radius 1 is 1.11 bits per heavy atom. The highest BCUT2D eigenvalue weighted by atomic mass is 16.6. The third-order valence-corrected chi connectivity index (χ3v) is 5.02. The highest BCUT2D eigenvalue weighted by molar-refractivity contribution is 6.02. The van der Waals surface area contributed by atoms with Crippen molar-refractivity contribution >= 4 is 17.4 Å². The summed E-state index contributed by atoms with van der Waals surface area (Å²) in [6.07, 6.45) is 0.887. The van der Waals surface area contributed by atoms with Gasteiger partial charge in [-0.1, -0.05) is 12.1 Å². The van der Waals surface area contributed by atoms with E-state index in [0.717, 1.165) is 17.7 Å². The topological polar surface area (TPSA) is 156 Å². The van der Waals surface area contributed by atoms with Crippen LogP contribution in [0.3, 0.4) is 0 Å². The van der Waals surface area contributed by atoms with Crippen molar-refractivity contribution in [2.45, 2.75) is 20.3 Å². The molecule has 0 spiro atoms. The highest BCUT2D eigenvalue weighted by Gasteiger charge is 2.25. The number of carbonyl (C=O) groups is 1. The standard InChI is InChI=1S/C23H24N8O4/c1-4-13-34-18-11-7-16(8-12-18)20-19(26-30-31(20)22-21(24)28-35-29-22)23(32)27-25-14(2)15-5-9-17(33-3)10-6-15/h5-12H,4,13H2,1-3H3,(H2,24,28)(H,27,32)/b25-14+. The van der Waals surface area contributed by atoms with Crippen molar-refractivity contribution in [2.75, 3.05) is 19.5 Å². The molecular weight excluding hydrogens is 452 g/mol. The van der Waals surface area contributed by atoms with Crippen LogP contribution in [-0.4, -0.2) is 50.6 Å². The predicted molar refractivity (Wildman–Crippen MR) is 128 cm³/mol. The Bertz CT molecular complexity index is 1330. The summed E-state index contributed by atoms with van der Waals surface area (Å²) < 4.78 is 16.8. The van der Waals surface area contributed by atoms with Crippen LogP contribution in [0.5, 0.6) is 11.5 Å². The Kier molecular flexibility index (Phi) is 7.00. The first-order valence-corrected chi connectivity index (χ1v) is 10.8. The van der Waals surface area contributed by atoms with Crippen LogP contribution in [0.1, 0.15) is 36.3 Å². The molecule has 0 aliphatic carbocycles. The molecule has 0 fully saturated rings. The van der Waals surface area contributed by atoms with Gasteiger partial charge in [0.15, 0.2) is 5.69 Å². The number of hydrogen-bond donors (Lipinski definition) is 2. The SMILES string of the molecule is CCCOc1ccc(-c2c(C(=O)N/N=C(\C)c3ccc(OC)cc3)nnn2-c2nonc2N)cc1. The van der Waals surface area contributed by atoms with Gasteiger partial charge in [0.2, 0.25) is 11.6 Å². The summed E-state index contributed by atoms with van der Waals surface area (Å²) in [6, 6.07) is 14.5. The molecule has 0 saturated heterocycles. The average molecular weight is 476 g/mol. The molecule has 2 aromatic heterocycles. The molecule has 0 atom stereocenters. The van der Waals surface area contributed by atoms with Gasteiger partial charge in [0.1, 0.15) is 17.2 Å². The van der Waals surface area contributed by atoms with Crippen LogP contribution in [0.15, 0.2) is 58.3 Å². The monoisotopic (exact) mass is 476 g/mol. The predicted octanol–water partition coefficient (Wildman–Crippen LogP) is 2.85. The second-order valence-corrected chi connectivity index (χ2v) is 7.41. The zero-order valence-corrected chi connectivity index (χ0v) is 19.4. The summed E-state index contributed by atoms with van der Waals surface area (Å²) in [4.78, 5) is 13.1. The number of carbonyl (C=O) groups excluding carboxylic acids is 1. The third kappa shape index (κ3) is 5.11. The lowest BCUT2D eigenvalue weighted by molar-refractivity contribution is 0.0950. The summed E-state index contributed by atoms with van der Waals surface area (Å²) in [5.74, 6) is 0.957. The fourth-order valence-electron chi connectivity index (χ4n) is 3.19. The number of aromatic nitrogens is 5. The van der Waals surface area contributed by atoms with E-state index in [2.05, 4.69) is 31.2 Å². The maximum atomic E-state index is 13.1. The van der Waals surface area contributed by atoms with Gasteiger partial charge >= 0.3 is 0 Å². The first-order chi connectivity index (χ1) is 17.0. The van der Waals surface area contributed by atoms with Crippen LogP contribution < -0.4 is 20.6 Å². The molecular formula is C23H24N8O4. The van der Waals surface area contributed by atoms with Gasteiger partial charge in [-0.25, -0.2) is 10.1 Å². The van der Waals surface area contributed by atoms with E-state index in [1.807, 2.05) is 31.2 Å². The molecule has 2 aromatic carbocycles. The van der Waals surface area contributed by atoms with E-state index in [0.29, 0.717) is 29.3 Å². The molecule has 35 heavy (non-hydrogen) atoms. The number of anilines is 1. The molecule has 0 saturated carbocycles. The molecule has 1 amide bonds. The Morgan fingerprint density at radius 2 is 1.83 bits per heavy atom. The number of ether oxygens (including phenoxy) is 2. The Labute approximate surface area is 200 Å². The van der Waals surface area contributed by atoms with Crippen LogP contribution in [0, 0.1) is 0 Å². The van der Waals surface area contributed by atoms with E-state index in [-0.39, 0.29) is 17.3 Å². The quantitative estimate of drug-likeness (QED) is 0.274. The molecule has 0 radical (unpaired) electrons. The zero-order chi connectivity index (χ0) is 24.8. The third-order valence-electron chi connectivity index (χ3n) is 5.02. The minimum Gasteiger partial charge on any atom is -0.497 e. The number of benzene rings is 2. The molecule has 180 valence electrons.